The fourth-order valence-electron chi connectivity index (χ4n) is 0.888. The van der Waals surface area contributed by atoms with Crippen molar-refractivity contribution >= 4 is 45.9 Å². The van der Waals surface area contributed by atoms with Crippen LogP contribution in [-0.2, 0) is 0 Å². The van der Waals surface area contributed by atoms with Crippen LogP contribution in [0, 0.1) is 5.41 Å². The summed E-state index contributed by atoms with van der Waals surface area (Å²) in [6.07, 6.45) is 1.65. The topological polar surface area (TPSA) is 62.8 Å². The fourth-order valence-corrected chi connectivity index (χ4v) is 2.19. The van der Waals surface area contributed by atoms with Gasteiger partial charge < -0.3 is 5.73 Å². The molecule has 14 heavy (non-hydrogen) atoms. The van der Waals surface area contributed by atoms with Crippen LogP contribution in [0.25, 0.3) is 0 Å². The molecule has 1 heterocycles. The predicted molar refractivity (Wildman–Crippen MR) is 66.6 cm³/mol. The lowest BCUT2D eigenvalue weighted by Gasteiger charge is -2.05. The lowest BCUT2D eigenvalue weighted by atomic mass is 10.3. The number of amidine groups is 1. The van der Waals surface area contributed by atoms with Gasteiger partial charge in [0, 0.05) is 15.6 Å². The Morgan fingerprint density at radius 2 is 2.36 bits per heavy atom. The minimum atomic E-state index is 0. The molecule has 0 aliphatic rings. The van der Waals surface area contributed by atoms with Crippen molar-refractivity contribution in [2.45, 2.75) is 11.8 Å². The normalized spacial score (nSPS) is 9.29. The highest BCUT2D eigenvalue weighted by Crippen LogP contribution is 2.23. The number of nitrogens with zero attached hydrogens (tertiary/aromatic N) is 1. The molecule has 3 nitrogen and oxygen atoms in total. The highest BCUT2D eigenvalue weighted by molar-refractivity contribution is 9.10. The first-order valence-corrected chi connectivity index (χ1v) is 5.55. The molecule has 0 aliphatic carbocycles. The van der Waals surface area contributed by atoms with Gasteiger partial charge >= 0.3 is 0 Å². The molecule has 1 aromatic rings. The van der Waals surface area contributed by atoms with Gasteiger partial charge in [0.15, 0.2) is 0 Å². The van der Waals surface area contributed by atoms with Gasteiger partial charge in [0.2, 0.25) is 0 Å². The van der Waals surface area contributed by atoms with E-state index >= 15 is 0 Å². The molecule has 0 saturated carbocycles. The molecular weight excluding hydrogens is 286 g/mol. The molecule has 0 radical (unpaired) electrons. The number of nitrogens with one attached hydrogen (secondary N) is 1. The molecule has 0 aliphatic heterocycles. The van der Waals surface area contributed by atoms with Crippen LogP contribution in [0.15, 0.2) is 21.6 Å². The summed E-state index contributed by atoms with van der Waals surface area (Å²) in [7, 11) is 0. The lowest BCUT2D eigenvalue weighted by Crippen LogP contribution is -2.14. The van der Waals surface area contributed by atoms with Crippen molar-refractivity contribution < 1.29 is 0 Å². The summed E-state index contributed by atoms with van der Waals surface area (Å²) in [5.41, 5.74) is 5.95. The average Bonchev–Trinajstić information content (AvgIpc) is 2.04. The SMILES string of the molecule is CCSc1cc(Br)cnc1C(=N)N.Cl. The number of nitrogen functional groups attached to an aromatic ring is 1. The summed E-state index contributed by atoms with van der Waals surface area (Å²) in [5.74, 6) is 0.960. The molecule has 0 saturated heterocycles. The number of nitrogens with two attached hydrogens (primary N) is 1. The summed E-state index contributed by atoms with van der Waals surface area (Å²) in [5, 5.41) is 7.31. The van der Waals surface area contributed by atoms with Crippen molar-refractivity contribution in [3.8, 4) is 0 Å². The van der Waals surface area contributed by atoms with Gasteiger partial charge in [0.05, 0.1) is 0 Å². The Balaban J connectivity index is 0.00000169. The zero-order chi connectivity index (χ0) is 9.84. The maximum atomic E-state index is 7.31. The standard InChI is InChI=1S/C8H10BrN3S.ClH/c1-2-13-6-3-5(9)4-12-7(6)8(10)11;/h3-4H,2H2,1H3,(H3,10,11);1H. The minimum absolute atomic E-state index is 0. The zero-order valence-electron chi connectivity index (χ0n) is 7.58. The summed E-state index contributed by atoms with van der Waals surface area (Å²) in [6.45, 7) is 2.05. The first kappa shape index (κ1) is 13.7. The van der Waals surface area contributed by atoms with Crippen molar-refractivity contribution in [3.63, 3.8) is 0 Å². The number of rotatable bonds is 3. The van der Waals surface area contributed by atoms with E-state index in [1.807, 2.05) is 6.07 Å². The van der Waals surface area contributed by atoms with Gasteiger partial charge in [-0.15, -0.1) is 24.2 Å². The van der Waals surface area contributed by atoms with E-state index in [0.717, 1.165) is 15.1 Å². The van der Waals surface area contributed by atoms with Crippen LogP contribution >= 0.6 is 40.1 Å². The van der Waals surface area contributed by atoms with Crippen molar-refractivity contribution in [2.24, 2.45) is 5.73 Å². The molecule has 3 N–H and O–H groups in total. The molecule has 0 unspecified atom stereocenters. The Labute approximate surface area is 102 Å². The monoisotopic (exact) mass is 295 g/mol. The minimum Gasteiger partial charge on any atom is -0.382 e. The second-order valence-corrected chi connectivity index (χ2v) is 4.57. The maximum absolute atomic E-state index is 7.31. The maximum Gasteiger partial charge on any atom is 0.142 e. The Hall–Kier alpha value is -0.260. The van der Waals surface area contributed by atoms with E-state index in [2.05, 4.69) is 27.8 Å². The first-order chi connectivity index (χ1) is 6.15. The van der Waals surface area contributed by atoms with E-state index in [4.69, 9.17) is 11.1 Å². The van der Waals surface area contributed by atoms with E-state index in [1.54, 1.807) is 18.0 Å². The van der Waals surface area contributed by atoms with Crippen LogP contribution in [0.2, 0.25) is 0 Å². The van der Waals surface area contributed by atoms with Crippen LogP contribution in [0.1, 0.15) is 12.6 Å². The second-order valence-electron chi connectivity index (χ2n) is 2.35. The Kier molecular flexibility index (Phi) is 6.15. The average molecular weight is 297 g/mol. The van der Waals surface area contributed by atoms with Crippen LogP contribution in [0.4, 0.5) is 0 Å². The smallest absolute Gasteiger partial charge is 0.142 e. The van der Waals surface area contributed by atoms with Crippen molar-refractivity contribution in [2.75, 3.05) is 5.75 Å². The summed E-state index contributed by atoms with van der Waals surface area (Å²) in [4.78, 5) is 5.03. The molecule has 0 bridgehead atoms. The summed E-state index contributed by atoms with van der Waals surface area (Å²) in [6, 6.07) is 1.93. The van der Waals surface area contributed by atoms with Crippen molar-refractivity contribution in [1.29, 1.82) is 5.41 Å². The molecular formula is C8H11BrClN3S. The number of hydrogen-bond donors (Lipinski definition) is 2. The number of pyridine rings is 1. The third-order valence-corrected chi connectivity index (χ3v) is 2.72. The van der Waals surface area contributed by atoms with Gasteiger partial charge in [-0.25, -0.2) is 0 Å². The number of aromatic nitrogens is 1. The third-order valence-electron chi connectivity index (χ3n) is 1.37. The van der Waals surface area contributed by atoms with Gasteiger partial charge in [0.25, 0.3) is 0 Å². The molecule has 6 heteroatoms. The van der Waals surface area contributed by atoms with Crippen molar-refractivity contribution in [1.82, 2.24) is 4.98 Å². The second kappa shape index (κ2) is 6.27. The van der Waals surface area contributed by atoms with E-state index in [9.17, 15) is 0 Å². The van der Waals surface area contributed by atoms with E-state index in [-0.39, 0.29) is 18.2 Å². The summed E-state index contributed by atoms with van der Waals surface area (Å²) < 4.78 is 0.911. The van der Waals surface area contributed by atoms with Gasteiger partial charge in [-0.1, -0.05) is 6.92 Å². The molecule has 0 aromatic carbocycles. The highest BCUT2D eigenvalue weighted by atomic mass is 79.9. The zero-order valence-corrected chi connectivity index (χ0v) is 10.8. The van der Waals surface area contributed by atoms with Crippen LogP contribution in [0.3, 0.4) is 0 Å². The van der Waals surface area contributed by atoms with Crippen LogP contribution in [0.5, 0.6) is 0 Å². The fraction of sp³-hybridized carbons (Fsp3) is 0.250. The molecule has 0 spiro atoms. The number of hydrogen-bond acceptors (Lipinski definition) is 3. The molecule has 0 amide bonds. The van der Waals surface area contributed by atoms with E-state index in [0.29, 0.717) is 5.69 Å². The van der Waals surface area contributed by atoms with Crippen LogP contribution in [-0.4, -0.2) is 16.6 Å². The van der Waals surface area contributed by atoms with E-state index in [1.165, 1.54) is 0 Å². The van der Waals surface area contributed by atoms with Gasteiger partial charge in [-0.2, -0.15) is 0 Å². The summed E-state index contributed by atoms with van der Waals surface area (Å²) >= 11 is 4.96. The third kappa shape index (κ3) is 3.48. The van der Waals surface area contributed by atoms with Gasteiger partial charge in [-0.3, -0.25) is 10.4 Å². The predicted octanol–water partition coefficient (Wildman–Crippen LogP) is 2.66. The largest absolute Gasteiger partial charge is 0.382 e. The number of halogens is 2. The van der Waals surface area contributed by atoms with Gasteiger partial charge in [-0.05, 0) is 27.7 Å². The molecule has 0 fully saturated rings. The Morgan fingerprint density at radius 3 is 2.86 bits per heavy atom. The Bertz CT molecular complexity index is 332. The molecule has 0 atom stereocenters. The molecule has 1 rings (SSSR count). The molecule has 1 aromatic heterocycles. The van der Waals surface area contributed by atoms with E-state index < -0.39 is 0 Å². The van der Waals surface area contributed by atoms with Crippen molar-refractivity contribution in [3.05, 3.63) is 22.4 Å². The first-order valence-electron chi connectivity index (χ1n) is 3.78. The highest BCUT2D eigenvalue weighted by Gasteiger charge is 2.06. The lowest BCUT2D eigenvalue weighted by molar-refractivity contribution is 1.16. The Morgan fingerprint density at radius 1 is 1.71 bits per heavy atom. The quantitative estimate of drug-likeness (QED) is 0.512. The number of thioether (sulfide) groups is 1. The van der Waals surface area contributed by atoms with Gasteiger partial charge in [0.1, 0.15) is 11.5 Å². The molecule has 78 valence electrons. The van der Waals surface area contributed by atoms with Crippen LogP contribution < -0.4 is 5.73 Å².